The second-order valence-corrected chi connectivity index (χ2v) is 5.43. The molecule has 20 heavy (non-hydrogen) atoms. The highest BCUT2D eigenvalue weighted by Gasteiger charge is 2.23. The van der Waals surface area contributed by atoms with Gasteiger partial charge in [0.1, 0.15) is 13.2 Å². The van der Waals surface area contributed by atoms with Gasteiger partial charge in [-0.3, -0.25) is 0 Å². The number of ether oxygens (including phenoxy) is 3. The number of para-hydroxylation sites is 1. The van der Waals surface area contributed by atoms with Crippen LogP contribution >= 0.6 is 0 Å². The average molecular weight is 277 g/mol. The summed E-state index contributed by atoms with van der Waals surface area (Å²) >= 11 is 0. The highest BCUT2D eigenvalue weighted by Crippen LogP contribution is 2.38. The van der Waals surface area contributed by atoms with Gasteiger partial charge in [0.05, 0.1) is 6.10 Å². The molecule has 110 valence electrons. The van der Waals surface area contributed by atoms with Gasteiger partial charge in [0, 0.05) is 18.2 Å². The van der Waals surface area contributed by atoms with E-state index >= 15 is 0 Å². The van der Waals surface area contributed by atoms with E-state index in [4.69, 9.17) is 14.2 Å². The molecule has 0 bridgehead atoms. The first-order chi connectivity index (χ1) is 9.88. The fourth-order valence-electron chi connectivity index (χ4n) is 3.05. The van der Waals surface area contributed by atoms with Crippen LogP contribution in [0.15, 0.2) is 18.2 Å². The first-order valence-electron chi connectivity index (χ1n) is 7.56. The number of fused-ring (bicyclic) bond motifs is 1. The molecule has 2 heterocycles. The Morgan fingerprint density at radius 2 is 2.15 bits per heavy atom. The number of hydrogen-bond donors (Lipinski definition) is 1. The summed E-state index contributed by atoms with van der Waals surface area (Å²) in [4.78, 5) is 0. The van der Waals surface area contributed by atoms with Crippen LogP contribution in [0.2, 0.25) is 0 Å². The van der Waals surface area contributed by atoms with Crippen LogP contribution in [0.25, 0.3) is 0 Å². The lowest BCUT2D eigenvalue weighted by molar-refractivity contribution is 0.0995. The standard InChI is InChI=1S/C16H23NO3/c1-17-14(8-7-12-4-3-9-18-12)13-5-2-6-15-16(13)20-11-10-19-15/h2,5-6,12,14,17H,3-4,7-11H2,1H3. The summed E-state index contributed by atoms with van der Waals surface area (Å²) in [5, 5.41) is 3.40. The minimum atomic E-state index is 0.288. The second kappa shape index (κ2) is 6.46. The summed E-state index contributed by atoms with van der Waals surface area (Å²) in [6, 6.07) is 6.43. The Hall–Kier alpha value is -1.26. The third-order valence-electron chi connectivity index (χ3n) is 4.12. The van der Waals surface area contributed by atoms with E-state index in [1.165, 1.54) is 18.4 Å². The van der Waals surface area contributed by atoms with Gasteiger partial charge in [0.25, 0.3) is 0 Å². The van der Waals surface area contributed by atoms with E-state index in [1.54, 1.807) is 0 Å². The summed E-state index contributed by atoms with van der Waals surface area (Å²) in [5.41, 5.74) is 1.20. The van der Waals surface area contributed by atoms with Crippen molar-refractivity contribution in [3.05, 3.63) is 23.8 Å². The number of hydrogen-bond acceptors (Lipinski definition) is 4. The summed E-state index contributed by atoms with van der Waals surface area (Å²) in [6.45, 7) is 2.19. The van der Waals surface area contributed by atoms with Gasteiger partial charge in [0.2, 0.25) is 0 Å². The smallest absolute Gasteiger partial charge is 0.166 e. The normalized spacial score (nSPS) is 22.8. The highest BCUT2D eigenvalue weighted by atomic mass is 16.6. The first-order valence-corrected chi connectivity index (χ1v) is 7.56. The molecule has 1 N–H and O–H groups in total. The molecule has 2 unspecified atom stereocenters. The molecule has 2 atom stereocenters. The molecule has 1 fully saturated rings. The van der Waals surface area contributed by atoms with Crippen molar-refractivity contribution >= 4 is 0 Å². The molecule has 0 amide bonds. The van der Waals surface area contributed by atoms with Crippen molar-refractivity contribution in [2.45, 2.75) is 37.8 Å². The summed E-state index contributed by atoms with van der Waals surface area (Å²) < 4.78 is 17.2. The van der Waals surface area contributed by atoms with Crippen LogP contribution in [0.5, 0.6) is 11.5 Å². The Balaban J connectivity index is 1.71. The lowest BCUT2D eigenvalue weighted by atomic mass is 9.98. The van der Waals surface area contributed by atoms with E-state index in [-0.39, 0.29) is 6.04 Å². The molecule has 0 aromatic heterocycles. The van der Waals surface area contributed by atoms with Crippen LogP contribution in [0.4, 0.5) is 0 Å². The zero-order valence-corrected chi connectivity index (χ0v) is 12.1. The third kappa shape index (κ3) is 2.91. The van der Waals surface area contributed by atoms with E-state index in [0.717, 1.165) is 30.9 Å². The fourth-order valence-corrected chi connectivity index (χ4v) is 3.05. The molecule has 0 aliphatic carbocycles. The monoisotopic (exact) mass is 277 g/mol. The lowest BCUT2D eigenvalue weighted by Gasteiger charge is -2.25. The first kappa shape index (κ1) is 13.7. The van der Waals surface area contributed by atoms with Crippen LogP contribution in [0.1, 0.15) is 37.3 Å². The molecule has 3 rings (SSSR count). The summed E-state index contributed by atoms with van der Waals surface area (Å²) in [7, 11) is 2.00. The van der Waals surface area contributed by atoms with Gasteiger partial charge in [0.15, 0.2) is 11.5 Å². The van der Waals surface area contributed by atoms with Crippen LogP contribution in [0, 0.1) is 0 Å². The maximum Gasteiger partial charge on any atom is 0.166 e. The molecule has 1 aromatic carbocycles. The molecule has 0 spiro atoms. The van der Waals surface area contributed by atoms with Gasteiger partial charge in [-0.05, 0) is 38.8 Å². The second-order valence-electron chi connectivity index (χ2n) is 5.43. The third-order valence-corrected chi connectivity index (χ3v) is 4.12. The number of rotatable bonds is 5. The quantitative estimate of drug-likeness (QED) is 0.898. The zero-order chi connectivity index (χ0) is 13.8. The number of benzene rings is 1. The van der Waals surface area contributed by atoms with Gasteiger partial charge in [-0.2, -0.15) is 0 Å². The highest BCUT2D eigenvalue weighted by molar-refractivity contribution is 5.48. The largest absolute Gasteiger partial charge is 0.486 e. The van der Waals surface area contributed by atoms with Gasteiger partial charge in [-0.1, -0.05) is 12.1 Å². The van der Waals surface area contributed by atoms with E-state index in [9.17, 15) is 0 Å². The Morgan fingerprint density at radius 1 is 1.25 bits per heavy atom. The van der Waals surface area contributed by atoms with Crippen LogP contribution in [0.3, 0.4) is 0 Å². The Kier molecular flexibility index (Phi) is 4.43. The Bertz CT molecular complexity index is 443. The molecule has 2 aliphatic rings. The maximum atomic E-state index is 5.81. The van der Waals surface area contributed by atoms with Crippen molar-refractivity contribution in [1.82, 2.24) is 5.32 Å². The van der Waals surface area contributed by atoms with E-state index in [0.29, 0.717) is 19.3 Å². The Morgan fingerprint density at radius 3 is 2.95 bits per heavy atom. The van der Waals surface area contributed by atoms with Crippen molar-refractivity contribution in [1.29, 1.82) is 0 Å². The average Bonchev–Trinajstić information content (AvgIpc) is 3.01. The summed E-state index contributed by atoms with van der Waals surface area (Å²) in [5.74, 6) is 1.77. The molecule has 1 saturated heterocycles. The van der Waals surface area contributed by atoms with E-state index in [2.05, 4.69) is 11.4 Å². The predicted octanol–water partition coefficient (Wildman–Crippen LogP) is 2.68. The van der Waals surface area contributed by atoms with Crippen molar-refractivity contribution in [2.24, 2.45) is 0 Å². The maximum absolute atomic E-state index is 5.81. The zero-order valence-electron chi connectivity index (χ0n) is 12.1. The minimum Gasteiger partial charge on any atom is -0.486 e. The minimum absolute atomic E-state index is 0.288. The molecule has 2 aliphatic heterocycles. The molecule has 0 saturated carbocycles. The van der Waals surface area contributed by atoms with Crippen molar-refractivity contribution in [3.8, 4) is 11.5 Å². The molecule has 1 aromatic rings. The van der Waals surface area contributed by atoms with Crippen LogP contribution in [-0.2, 0) is 4.74 Å². The molecular formula is C16H23NO3. The number of nitrogens with one attached hydrogen (secondary N) is 1. The van der Waals surface area contributed by atoms with E-state index in [1.807, 2.05) is 19.2 Å². The molecule has 4 heteroatoms. The van der Waals surface area contributed by atoms with Crippen molar-refractivity contribution < 1.29 is 14.2 Å². The van der Waals surface area contributed by atoms with Gasteiger partial charge >= 0.3 is 0 Å². The molecule has 4 nitrogen and oxygen atoms in total. The van der Waals surface area contributed by atoms with Crippen molar-refractivity contribution in [2.75, 3.05) is 26.9 Å². The van der Waals surface area contributed by atoms with E-state index < -0.39 is 0 Å². The predicted molar refractivity (Wildman–Crippen MR) is 77.4 cm³/mol. The van der Waals surface area contributed by atoms with Crippen LogP contribution in [-0.4, -0.2) is 33.0 Å². The van der Waals surface area contributed by atoms with Gasteiger partial charge in [-0.15, -0.1) is 0 Å². The topological polar surface area (TPSA) is 39.7 Å². The molecule has 0 radical (unpaired) electrons. The summed E-state index contributed by atoms with van der Waals surface area (Å²) in [6.07, 6.45) is 4.98. The fraction of sp³-hybridized carbons (Fsp3) is 0.625. The lowest BCUT2D eigenvalue weighted by Crippen LogP contribution is -2.22. The van der Waals surface area contributed by atoms with Crippen LogP contribution < -0.4 is 14.8 Å². The molecular weight excluding hydrogens is 254 g/mol. The van der Waals surface area contributed by atoms with Gasteiger partial charge < -0.3 is 19.5 Å². The van der Waals surface area contributed by atoms with Crippen molar-refractivity contribution in [3.63, 3.8) is 0 Å². The SMILES string of the molecule is CNC(CCC1CCCO1)c1cccc2c1OCCO2. The van der Waals surface area contributed by atoms with Gasteiger partial charge in [-0.25, -0.2) is 0 Å². The Labute approximate surface area is 120 Å².